The molecule has 126 valence electrons. The van der Waals surface area contributed by atoms with Crippen LogP contribution in [0.3, 0.4) is 0 Å². The van der Waals surface area contributed by atoms with Crippen molar-refractivity contribution in [3.8, 4) is 0 Å². The Morgan fingerprint density at radius 3 is 2.68 bits per heavy atom. The predicted molar refractivity (Wildman–Crippen MR) is 95.5 cm³/mol. The number of amides is 2. The molecule has 2 amide bonds. The number of carbonyl (C=O) groups excluding carboxylic acids is 2. The lowest BCUT2D eigenvalue weighted by atomic mass is 10.0. The van der Waals surface area contributed by atoms with Gasteiger partial charge in [0.05, 0.1) is 12.8 Å². The van der Waals surface area contributed by atoms with Crippen molar-refractivity contribution in [3.05, 3.63) is 71.7 Å². The molecule has 0 bridgehead atoms. The fraction of sp³-hybridized carbons (Fsp3) is 0.105. The standard InChI is InChI=1S/C19H17N3O3/c1-13-9-10-15(25-13)11-21-22-18(23)12-20-19(24)17-8-4-6-14-5-2-3-7-16(14)17/h2-11H,12H2,1H3,(H,20,24)(H,22,23). The van der Waals surface area contributed by atoms with Crippen LogP contribution in [-0.2, 0) is 4.79 Å². The molecule has 0 saturated carbocycles. The van der Waals surface area contributed by atoms with Gasteiger partial charge >= 0.3 is 0 Å². The zero-order valence-corrected chi connectivity index (χ0v) is 13.7. The first-order chi connectivity index (χ1) is 12.1. The highest BCUT2D eigenvalue weighted by Crippen LogP contribution is 2.18. The first-order valence-electron chi connectivity index (χ1n) is 7.78. The van der Waals surface area contributed by atoms with Crippen LogP contribution in [0.5, 0.6) is 0 Å². The lowest BCUT2D eigenvalue weighted by Crippen LogP contribution is -2.35. The van der Waals surface area contributed by atoms with Crippen LogP contribution >= 0.6 is 0 Å². The molecule has 2 N–H and O–H groups in total. The van der Waals surface area contributed by atoms with Gasteiger partial charge in [-0.15, -0.1) is 0 Å². The Hall–Kier alpha value is -3.41. The maximum atomic E-state index is 12.3. The monoisotopic (exact) mass is 335 g/mol. The Morgan fingerprint density at radius 2 is 1.88 bits per heavy atom. The van der Waals surface area contributed by atoms with Gasteiger partial charge in [0.25, 0.3) is 11.8 Å². The Kier molecular flexibility index (Phi) is 4.89. The number of nitrogens with zero attached hydrogens (tertiary/aromatic N) is 1. The molecule has 3 aromatic rings. The summed E-state index contributed by atoms with van der Waals surface area (Å²) >= 11 is 0. The number of furan rings is 1. The number of hydrogen-bond donors (Lipinski definition) is 2. The van der Waals surface area contributed by atoms with Crippen LogP contribution in [0.1, 0.15) is 21.9 Å². The topological polar surface area (TPSA) is 83.7 Å². The fourth-order valence-electron chi connectivity index (χ4n) is 2.41. The van der Waals surface area contributed by atoms with Crippen molar-refractivity contribution in [2.45, 2.75) is 6.92 Å². The van der Waals surface area contributed by atoms with E-state index in [1.807, 2.05) is 43.3 Å². The maximum Gasteiger partial charge on any atom is 0.259 e. The first-order valence-corrected chi connectivity index (χ1v) is 7.78. The number of hydrazone groups is 1. The molecule has 0 aliphatic rings. The third-order valence-electron chi connectivity index (χ3n) is 3.59. The summed E-state index contributed by atoms with van der Waals surface area (Å²) in [6, 6.07) is 16.6. The number of carbonyl (C=O) groups is 2. The lowest BCUT2D eigenvalue weighted by Gasteiger charge is -2.07. The van der Waals surface area contributed by atoms with E-state index in [1.54, 1.807) is 18.2 Å². The van der Waals surface area contributed by atoms with Gasteiger partial charge in [-0.1, -0.05) is 36.4 Å². The molecule has 0 radical (unpaired) electrons. The van der Waals surface area contributed by atoms with Crippen molar-refractivity contribution in [1.29, 1.82) is 0 Å². The highest BCUT2D eigenvalue weighted by molar-refractivity contribution is 6.07. The summed E-state index contributed by atoms with van der Waals surface area (Å²) in [5, 5.41) is 8.19. The van der Waals surface area contributed by atoms with Crippen LogP contribution in [-0.4, -0.2) is 24.6 Å². The zero-order chi connectivity index (χ0) is 17.6. The largest absolute Gasteiger partial charge is 0.460 e. The third-order valence-corrected chi connectivity index (χ3v) is 3.59. The van der Waals surface area contributed by atoms with E-state index in [-0.39, 0.29) is 12.5 Å². The van der Waals surface area contributed by atoms with Crippen LogP contribution in [0.2, 0.25) is 0 Å². The second-order valence-corrected chi connectivity index (χ2v) is 5.45. The molecule has 1 heterocycles. The normalized spacial score (nSPS) is 10.9. The molecule has 25 heavy (non-hydrogen) atoms. The Balaban J connectivity index is 1.56. The molecule has 0 atom stereocenters. The van der Waals surface area contributed by atoms with E-state index < -0.39 is 5.91 Å². The Morgan fingerprint density at radius 1 is 1.08 bits per heavy atom. The summed E-state index contributed by atoms with van der Waals surface area (Å²) in [5.74, 6) is 0.568. The number of nitrogens with one attached hydrogen (secondary N) is 2. The van der Waals surface area contributed by atoms with Crippen molar-refractivity contribution in [2.24, 2.45) is 5.10 Å². The molecule has 0 saturated heterocycles. The SMILES string of the molecule is Cc1ccc(C=NNC(=O)CNC(=O)c2cccc3ccccc23)o1. The molecule has 2 aromatic carbocycles. The summed E-state index contributed by atoms with van der Waals surface area (Å²) in [6.07, 6.45) is 1.40. The van der Waals surface area contributed by atoms with Crippen molar-refractivity contribution in [1.82, 2.24) is 10.7 Å². The number of hydrogen-bond acceptors (Lipinski definition) is 4. The predicted octanol–water partition coefficient (Wildman–Crippen LogP) is 2.62. The van der Waals surface area contributed by atoms with Crippen LogP contribution in [0.4, 0.5) is 0 Å². The summed E-state index contributed by atoms with van der Waals surface area (Å²) in [5.41, 5.74) is 2.87. The minimum Gasteiger partial charge on any atom is -0.460 e. The first kappa shape index (κ1) is 16.4. The van der Waals surface area contributed by atoms with Gasteiger partial charge in [-0.25, -0.2) is 5.43 Å². The molecule has 6 heteroatoms. The van der Waals surface area contributed by atoms with Gasteiger partial charge in [0.15, 0.2) is 0 Å². The molecule has 0 aliphatic carbocycles. The van der Waals surface area contributed by atoms with Gasteiger partial charge in [0, 0.05) is 5.56 Å². The third kappa shape index (κ3) is 4.11. The number of rotatable bonds is 5. The van der Waals surface area contributed by atoms with Crippen LogP contribution in [0.15, 0.2) is 64.1 Å². The van der Waals surface area contributed by atoms with E-state index in [9.17, 15) is 9.59 Å². The van der Waals surface area contributed by atoms with Gasteiger partial charge in [-0.3, -0.25) is 9.59 Å². The maximum absolute atomic E-state index is 12.3. The van der Waals surface area contributed by atoms with E-state index in [2.05, 4.69) is 15.8 Å². The highest BCUT2D eigenvalue weighted by atomic mass is 16.3. The van der Waals surface area contributed by atoms with E-state index in [0.717, 1.165) is 16.5 Å². The molecule has 6 nitrogen and oxygen atoms in total. The Labute approximate surface area is 144 Å². The molecule has 1 aromatic heterocycles. The zero-order valence-electron chi connectivity index (χ0n) is 13.7. The Bertz CT molecular complexity index is 938. The van der Waals surface area contributed by atoms with E-state index in [0.29, 0.717) is 11.3 Å². The van der Waals surface area contributed by atoms with Crippen LogP contribution in [0.25, 0.3) is 10.8 Å². The van der Waals surface area contributed by atoms with Gasteiger partial charge in [-0.05, 0) is 35.9 Å². The minimum absolute atomic E-state index is 0.170. The van der Waals surface area contributed by atoms with Gasteiger partial charge in [0.2, 0.25) is 0 Å². The van der Waals surface area contributed by atoms with Crippen molar-refractivity contribution >= 4 is 28.8 Å². The number of benzene rings is 2. The van der Waals surface area contributed by atoms with E-state index in [1.165, 1.54) is 6.21 Å². The molecule has 0 unspecified atom stereocenters. The van der Waals surface area contributed by atoms with E-state index in [4.69, 9.17) is 4.42 Å². The molecule has 0 aliphatic heterocycles. The van der Waals surface area contributed by atoms with Crippen molar-refractivity contribution in [2.75, 3.05) is 6.54 Å². The minimum atomic E-state index is -0.423. The van der Waals surface area contributed by atoms with Gasteiger partial charge < -0.3 is 9.73 Å². The molecular weight excluding hydrogens is 318 g/mol. The van der Waals surface area contributed by atoms with Crippen LogP contribution in [0, 0.1) is 6.92 Å². The van der Waals surface area contributed by atoms with Gasteiger partial charge in [-0.2, -0.15) is 5.10 Å². The summed E-state index contributed by atoms with van der Waals surface area (Å²) in [7, 11) is 0. The van der Waals surface area contributed by atoms with E-state index >= 15 is 0 Å². The molecule has 0 spiro atoms. The quantitative estimate of drug-likeness (QED) is 0.555. The highest BCUT2D eigenvalue weighted by Gasteiger charge is 2.10. The van der Waals surface area contributed by atoms with Crippen LogP contribution < -0.4 is 10.7 Å². The average molecular weight is 335 g/mol. The molecular formula is C19H17N3O3. The van der Waals surface area contributed by atoms with Crippen molar-refractivity contribution in [3.63, 3.8) is 0 Å². The molecule has 3 rings (SSSR count). The average Bonchev–Trinajstić information content (AvgIpc) is 3.04. The molecule has 0 fully saturated rings. The second-order valence-electron chi connectivity index (χ2n) is 5.45. The fourth-order valence-corrected chi connectivity index (χ4v) is 2.41. The summed E-state index contributed by atoms with van der Waals surface area (Å²) in [6.45, 7) is 1.65. The summed E-state index contributed by atoms with van der Waals surface area (Å²) in [4.78, 5) is 24.1. The number of fused-ring (bicyclic) bond motifs is 1. The van der Waals surface area contributed by atoms with Gasteiger partial charge in [0.1, 0.15) is 11.5 Å². The smallest absolute Gasteiger partial charge is 0.259 e. The van der Waals surface area contributed by atoms with Crippen molar-refractivity contribution < 1.29 is 14.0 Å². The lowest BCUT2D eigenvalue weighted by molar-refractivity contribution is -0.120. The number of aryl methyl sites for hydroxylation is 1. The summed E-state index contributed by atoms with van der Waals surface area (Å²) < 4.78 is 5.29. The second kappa shape index (κ2) is 7.44.